The fraction of sp³-hybridized carbons (Fsp3) is 0.333. The summed E-state index contributed by atoms with van der Waals surface area (Å²) < 4.78 is 23.1. The van der Waals surface area contributed by atoms with Gasteiger partial charge in [-0.15, -0.1) is 0 Å². The first kappa shape index (κ1) is 27.3. The molecule has 0 saturated heterocycles. The van der Waals surface area contributed by atoms with Crippen LogP contribution in [0.3, 0.4) is 0 Å². The lowest BCUT2D eigenvalue weighted by molar-refractivity contribution is -0.122. The zero-order valence-electron chi connectivity index (χ0n) is 23.4. The van der Waals surface area contributed by atoms with Crippen LogP contribution in [0, 0.1) is 0 Å². The summed E-state index contributed by atoms with van der Waals surface area (Å²) in [5, 5.41) is 3.00. The Balaban J connectivity index is 1.40. The van der Waals surface area contributed by atoms with Gasteiger partial charge in [-0.2, -0.15) is 0 Å². The third kappa shape index (κ3) is 5.83. The van der Waals surface area contributed by atoms with Crippen molar-refractivity contribution in [3.8, 4) is 23.0 Å². The van der Waals surface area contributed by atoms with Crippen LogP contribution in [0.5, 0.6) is 23.0 Å². The molecule has 2 aliphatic rings. The molecule has 2 atom stereocenters. The summed E-state index contributed by atoms with van der Waals surface area (Å²) in [7, 11) is 3.20. The number of nitrogens with one attached hydrogen (secondary N) is 1. The molecule has 5 rings (SSSR count). The third-order valence-corrected chi connectivity index (χ3v) is 7.39. The van der Waals surface area contributed by atoms with Crippen LogP contribution in [-0.2, 0) is 16.2 Å². The van der Waals surface area contributed by atoms with Crippen LogP contribution in [0.4, 0.5) is 0 Å². The van der Waals surface area contributed by atoms with Crippen molar-refractivity contribution in [1.82, 2.24) is 5.32 Å². The van der Waals surface area contributed by atoms with E-state index in [-0.39, 0.29) is 36.1 Å². The van der Waals surface area contributed by atoms with E-state index >= 15 is 0 Å². The van der Waals surface area contributed by atoms with E-state index in [4.69, 9.17) is 18.9 Å². The van der Waals surface area contributed by atoms with Gasteiger partial charge in [0.25, 0.3) is 0 Å². The summed E-state index contributed by atoms with van der Waals surface area (Å²) in [6.07, 6.45) is 1.14. The van der Waals surface area contributed by atoms with E-state index < -0.39 is 0 Å². The molecule has 1 aliphatic carbocycles. The predicted octanol–water partition coefficient (Wildman–Crippen LogP) is 6.07. The van der Waals surface area contributed by atoms with E-state index in [1.54, 1.807) is 14.2 Å². The van der Waals surface area contributed by atoms with Gasteiger partial charge in [-0.1, -0.05) is 42.5 Å². The monoisotopic (exact) mass is 541 g/mol. The van der Waals surface area contributed by atoms with Crippen LogP contribution in [0.1, 0.15) is 61.6 Å². The molecule has 7 nitrogen and oxygen atoms in total. The summed E-state index contributed by atoms with van der Waals surface area (Å²) >= 11 is 0. The van der Waals surface area contributed by atoms with Crippen LogP contribution in [0.15, 0.2) is 78.0 Å². The fourth-order valence-electron chi connectivity index (χ4n) is 5.53. The van der Waals surface area contributed by atoms with Crippen LogP contribution in [0.25, 0.3) is 0 Å². The minimum Gasteiger partial charge on any atom is -0.493 e. The second-order valence-corrected chi connectivity index (χ2v) is 10.5. The number of hydrogen-bond donors (Lipinski definition) is 1. The first-order valence-electron chi connectivity index (χ1n) is 13.6. The molecule has 2 unspecified atom stereocenters. The highest BCUT2D eigenvalue weighted by Gasteiger charge is 2.38. The second kappa shape index (κ2) is 11.9. The van der Waals surface area contributed by atoms with Crippen LogP contribution in [0.2, 0.25) is 0 Å². The maximum Gasteiger partial charge on any atom is 0.225 e. The molecule has 0 fully saturated rings. The number of carbonyl (C=O) groups is 2. The van der Waals surface area contributed by atoms with Crippen LogP contribution >= 0.6 is 0 Å². The van der Waals surface area contributed by atoms with Crippen LogP contribution < -0.4 is 24.3 Å². The number of rotatable bonds is 9. The quantitative estimate of drug-likeness (QED) is 0.354. The Morgan fingerprint density at radius 3 is 2.20 bits per heavy atom. The van der Waals surface area contributed by atoms with Gasteiger partial charge < -0.3 is 24.3 Å². The topological polar surface area (TPSA) is 83.1 Å². The highest BCUT2D eigenvalue weighted by Crippen LogP contribution is 2.45. The van der Waals surface area contributed by atoms with Crippen molar-refractivity contribution >= 4 is 11.7 Å². The van der Waals surface area contributed by atoms with Gasteiger partial charge in [0.05, 0.1) is 20.3 Å². The Kier molecular flexibility index (Phi) is 8.10. The largest absolute Gasteiger partial charge is 0.493 e. The molecule has 40 heavy (non-hydrogen) atoms. The number of allylic oxidation sites excluding steroid dienone is 2. The van der Waals surface area contributed by atoms with Crippen molar-refractivity contribution in [2.75, 3.05) is 14.2 Å². The summed E-state index contributed by atoms with van der Waals surface area (Å²) in [5.74, 6) is 2.00. The maximum absolute atomic E-state index is 13.6. The smallest absolute Gasteiger partial charge is 0.225 e. The molecule has 1 aliphatic heterocycles. The lowest BCUT2D eigenvalue weighted by atomic mass is 9.73. The molecule has 0 aromatic heterocycles. The first-order chi connectivity index (χ1) is 19.4. The number of carbonyl (C=O) groups excluding carboxylic acids is 2. The molecule has 3 aromatic carbocycles. The second-order valence-electron chi connectivity index (χ2n) is 10.5. The fourth-order valence-corrected chi connectivity index (χ4v) is 5.53. The molecular weight excluding hydrogens is 506 g/mol. The Labute approximate surface area is 235 Å². The molecule has 1 N–H and O–H groups in total. The van der Waals surface area contributed by atoms with E-state index in [1.165, 1.54) is 0 Å². The minimum atomic E-state index is -0.342. The SMILES string of the molecule is COc1cc(C2CC(=O)NC3=C2C(=O)CC(c2ccc(OC(C)C)c(OC)c2)C3)ccc1OCc1ccccc1. The Morgan fingerprint density at radius 2 is 1.48 bits per heavy atom. The van der Waals surface area contributed by atoms with Gasteiger partial charge in [0.1, 0.15) is 6.61 Å². The summed E-state index contributed by atoms with van der Waals surface area (Å²) in [5.41, 5.74) is 4.27. The average Bonchev–Trinajstić information content (AvgIpc) is 2.95. The number of Topliss-reactive ketones (excluding diaryl/α,β-unsaturated/α-hetero) is 1. The standard InChI is InChI=1S/C33H35NO6/c1-20(2)40-29-13-10-22(16-31(29)38-4)24-14-26-33(27(35)15-24)25(18-32(36)34-26)23-11-12-28(30(17-23)37-3)39-19-21-8-6-5-7-9-21/h5-13,16-17,20,24-25H,14-15,18-19H2,1-4H3,(H,34,36). The number of benzene rings is 3. The van der Waals surface area contributed by atoms with E-state index in [0.29, 0.717) is 53.7 Å². The number of ketones is 1. The number of ether oxygens (including phenoxy) is 4. The Bertz CT molecular complexity index is 1430. The molecule has 0 bridgehead atoms. The predicted molar refractivity (Wildman–Crippen MR) is 152 cm³/mol. The van der Waals surface area contributed by atoms with Crippen LogP contribution in [-0.4, -0.2) is 32.0 Å². The summed E-state index contributed by atoms with van der Waals surface area (Å²) in [4.78, 5) is 26.5. The van der Waals surface area contributed by atoms with Gasteiger partial charge in [-0.3, -0.25) is 9.59 Å². The summed E-state index contributed by atoms with van der Waals surface area (Å²) in [6.45, 7) is 4.33. The number of methoxy groups -OCH3 is 2. The van der Waals surface area contributed by atoms with E-state index in [1.807, 2.05) is 80.6 Å². The molecule has 0 radical (unpaired) electrons. The Hall–Kier alpha value is -4.26. The van der Waals surface area contributed by atoms with Gasteiger partial charge in [0.15, 0.2) is 28.8 Å². The van der Waals surface area contributed by atoms with Gasteiger partial charge >= 0.3 is 0 Å². The molecule has 208 valence electrons. The van der Waals surface area contributed by atoms with Crippen molar-refractivity contribution in [2.45, 2.75) is 57.7 Å². The maximum atomic E-state index is 13.6. The molecule has 1 amide bonds. The van der Waals surface area contributed by atoms with E-state index in [9.17, 15) is 9.59 Å². The lowest BCUT2D eigenvalue weighted by Gasteiger charge is -2.34. The highest BCUT2D eigenvalue weighted by molar-refractivity contribution is 6.02. The van der Waals surface area contributed by atoms with E-state index in [2.05, 4.69) is 5.32 Å². The molecule has 1 heterocycles. The van der Waals surface area contributed by atoms with Crippen molar-refractivity contribution in [2.24, 2.45) is 0 Å². The molecule has 7 heteroatoms. The third-order valence-electron chi connectivity index (χ3n) is 7.39. The minimum absolute atomic E-state index is 0.0150. The number of amides is 1. The van der Waals surface area contributed by atoms with Gasteiger partial charge in [0, 0.05) is 30.0 Å². The highest BCUT2D eigenvalue weighted by atomic mass is 16.5. The number of hydrogen-bond acceptors (Lipinski definition) is 6. The van der Waals surface area contributed by atoms with Gasteiger partial charge in [-0.05, 0) is 67.1 Å². The Morgan fingerprint density at radius 1 is 0.800 bits per heavy atom. The zero-order valence-corrected chi connectivity index (χ0v) is 23.4. The molecule has 3 aromatic rings. The molecule has 0 spiro atoms. The van der Waals surface area contributed by atoms with E-state index in [0.717, 1.165) is 16.7 Å². The van der Waals surface area contributed by atoms with Crippen molar-refractivity contribution in [3.05, 3.63) is 94.7 Å². The lowest BCUT2D eigenvalue weighted by Crippen LogP contribution is -2.38. The van der Waals surface area contributed by atoms with Crippen molar-refractivity contribution in [1.29, 1.82) is 0 Å². The van der Waals surface area contributed by atoms with Gasteiger partial charge in [0.2, 0.25) is 5.91 Å². The van der Waals surface area contributed by atoms with Crippen molar-refractivity contribution < 1.29 is 28.5 Å². The normalized spacial score (nSPS) is 18.7. The zero-order chi connectivity index (χ0) is 28.2. The molecule has 0 saturated carbocycles. The summed E-state index contributed by atoms with van der Waals surface area (Å²) in [6, 6.07) is 21.4. The molecular formula is C33H35NO6. The average molecular weight is 542 g/mol. The van der Waals surface area contributed by atoms with Gasteiger partial charge in [-0.25, -0.2) is 0 Å². The first-order valence-corrected chi connectivity index (χ1v) is 13.6. The van der Waals surface area contributed by atoms with Crippen molar-refractivity contribution in [3.63, 3.8) is 0 Å².